The zero-order valence-electron chi connectivity index (χ0n) is 12.3. The van der Waals surface area contributed by atoms with Gasteiger partial charge in [0.1, 0.15) is 18.5 Å². The van der Waals surface area contributed by atoms with E-state index in [0.29, 0.717) is 11.6 Å². The molecule has 0 amide bonds. The SMILES string of the molecule is Cc1cccc(OCC(O)CNc2ccc(C)cc2Cl)c1. The molecule has 0 saturated carbocycles. The van der Waals surface area contributed by atoms with Crippen molar-refractivity contribution in [3.05, 3.63) is 58.6 Å². The van der Waals surface area contributed by atoms with Gasteiger partial charge in [0.2, 0.25) is 0 Å². The molecule has 2 aromatic rings. The van der Waals surface area contributed by atoms with E-state index in [-0.39, 0.29) is 6.61 Å². The van der Waals surface area contributed by atoms with E-state index in [2.05, 4.69) is 5.32 Å². The molecule has 0 heterocycles. The van der Waals surface area contributed by atoms with E-state index < -0.39 is 6.10 Å². The Kier molecular flexibility index (Phi) is 5.48. The number of benzene rings is 2. The van der Waals surface area contributed by atoms with Crippen molar-refractivity contribution in [2.45, 2.75) is 20.0 Å². The number of hydrogen-bond donors (Lipinski definition) is 2. The Hall–Kier alpha value is -1.71. The molecule has 0 aliphatic carbocycles. The maximum Gasteiger partial charge on any atom is 0.119 e. The van der Waals surface area contributed by atoms with Crippen LogP contribution in [-0.4, -0.2) is 24.4 Å². The molecule has 112 valence electrons. The van der Waals surface area contributed by atoms with Crippen LogP contribution in [0.1, 0.15) is 11.1 Å². The Morgan fingerprint density at radius 2 is 1.90 bits per heavy atom. The molecule has 0 bridgehead atoms. The number of hydrogen-bond acceptors (Lipinski definition) is 3. The van der Waals surface area contributed by atoms with Gasteiger partial charge < -0.3 is 15.2 Å². The fourth-order valence-electron chi connectivity index (χ4n) is 1.95. The van der Waals surface area contributed by atoms with Crippen molar-refractivity contribution < 1.29 is 9.84 Å². The van der Waals surface area contributed by atoms with E-state index >= 15 is 0 Å². The lowest BCUT2D eigenvalue weighted by Crippen LogP contribution is -2.26. The van der Waals surface area contributed by atoms with E-state index in [0.717, 1.165) is 22.6 Å². The van der Waals surface area contributed by atoms with Gasteiger partial charge in [-0.1, -0.05) is 29.8 Å². The van der Waals surface area contributed by atoms with Crippen molar-refractivity contribution in [3.63, 3.8) is 0 Å². The molecule has 0 spiro atoms. The summed E-state index contributed by atoms with van der Waals surface area (Å²) in [5.74, 6) is 0.766. The number of aliphatic hydroxyl groups excluding tert-OH is 1. The molecule has 0 radical (unpaired) electrons. The summed E-state index contributed by atoms with van der Waals surface area (Å²) in [4.78, 5) is 0. The maximum atomic E-state index is 9.96. The summed E-state index contributed by atoms with van der Waals surface area (Å²) < 4.78 is 5.56. The van der Waals surface area contributed by atoms with Crippen LogP contribution in [0.3, 0.4) is 0 Å². The largest absolute Gasteiger partial charge is 0.491 e. The summed E-state index contributed by atoms with van der Waals surface area (Å²) in [5, 5.41) is 13.7. The molecule has 0 saturated heterocycles. The predicted molar refractivity (Wildman–Crippen MR) is 87.4 cm³/mol. The first-order chi connectivity index (χ1) is 10.0. The number of aryl methyl sites for hydroxylation is 2. The molecule has 0 aliphatic rings. The quantitative estimate of drug-likeness (QED) is 0.853. The molecule has 2 rings (SSSR count). The molecule has 0 aliphatic heterocycles. The Bertz CT molecular complexity index is 601. The second-order valence-electron chi connectivity index (χ2n) is 5.15. The third kappa shape index (κ3) is 4.96. The lowest BCUT2D eigenvalue weighted by Gasteiger charge is -2.15. The molecule has 0 aromatic heterocycles. The summed E-state index contributed by atoms with van der Waals surface area (Å²) in [6.07, 6.45) is -0.608. The van der Waals surface area contributed by atoms with Crippen LogP contribution >= 0.6 is 11.6 Å². The van der Waals surface area contributed by atoms with Crippen LogP contribution in [0.25, 0.3) is 0 Å². The Labute approximate surface area is 130 Å². The van der Waals surface area contributed by atoms with E-state index in [1.807, 2.05) is 56.3 Å². The second-order valence-corrected chi connectivity index (χ2v) is 5.55. The molecular formula is C17H20ClNO2. The molecule has 3 nitrogen and oxygen atoms in total. The highest BCUT2D eigenvalue weighted by molar-refractivity contribution is 6.33. The van der Waals surface area contributed by atoms with Crippen LogP contribution in [-0.2, 0) is 0 Å². The van der Waals surface area contributed by atoms with Gasteiger partial charge in [0, 0.05) is 6.54 Å². The molecule has 21 heavy (non-hydrogen) atoms. The minimum Gasteiger partial charge on any atom is -0.491 e. The van der Waals surface area contributed by atoms with Crippen molar-refractivity contribution in [1.82, 2.24) is 0 Å². The van der Waals surface area contributed by atoms with Gasteiger partial charge in [-0.3, -0.25) is 0 Å². The van der Waals surface area contributed by atoms with Crippen LogP contribution in [0, 0.1) is 13.8 Å². The van der Waals surface area contributed by atoms with Gasteiger partial charge in [0.05, 0.1) is 10.7 Å². The normalized spacial score (nSPS) is 12.0. The monoisotopic (exact) mass is 305 g/mol. The summed E-state index contributed by atoms with van der Waals surface area (Å²) in [5.41, 5.74) is 3.05. The van der Waals surface area contributed by atoms with Crippen LogP contribution < -0.4 is 10.1 Å². The van der Waals surface area contributed by atoms with Crippen LogP contribution in [0.2, 0.25) is 5.02 Å². The molecule has 2 aromatic carbocycles. The van der Waals surface area contributed by atoms with Gasteiger partial charge in [-0.25, -0.2) is 0 Å². The second kappa shape index (κ2) is 7.34. The number of anilines is 1. The van der Waals surface area contributed by atoms with E-state index in [1.165, 1.54) is 0 Å². The fourth-order valence-corrected chi connectivity index (χ4v) is 2.25. The smallest absolute Gasteiger partial charge is 0.119 e. The lowest BCUT2D eigenvalue weighted by atomic mass is 10.2. The van der Waals surface area contributed by atoms with Crippen LogP contribution in [0.5, 0.6) is 5.75 Å². The third-order valence-electron chi connectivity index (χ3n) is 3.08. The summed E-state index contributed by atoms with van der Waals surface area (Å²) in [6.45, 7) is 4.61. The van der Waals surface area contributed by atoms with Crippen molar-refractivity contribution in [3.8, 4) is 5.75 Å². The maximum absolute atomic E-state index is 9.96. The highest BCUT2D eigenvalue weighted by Crippen LogP contribution is 2.22. The number of rotatable bonds is 6. The first kappa shape index (κ1) is 15.7. The standard InChI is InChI=1S/C17H20ClNO2/c1-12-4-3-5-15(8-12)21-11-14(20)10-19-17-7-6-13(2)9-16(17)18/h3-9,14,19-20H,10-11H2,1-2H3. The van der Waals surface area contributed by atoms with E-state index in [1.54, 1.807) is 0 Å². The van der Waals surface area contributed by atoms with Gasteiger partial charge in [0.15, 0.2) is 0 Å². The zero-order chi connectivity index (χ0) is 15.2. The first-order valence-corrected chi connectivity index (χ1v) is 7.30. The van der Waals surface area contributed by atoms with Crippen molar-refractivity contribution in [2.75, 3.05) is 18.5 Å². The van der Waals surface area contributed by atoms with Gasteiger partial charge >= 0.3 is 0 Å². The highest BCUT2D eigenvalue weighted by Gasteiger charge is 2.07. The van der Waals surface area contributed by atoms with Gasteiger partial charge in [0.25, 0.3) is 0 Å². The van der Waals surface area contributed by atoms with Crippen molar-refractivity contribution in [2.24, 2.45) is 0 Å². The minimum atomic E-state index is -0.608. The summed E-state index contributed by atoms with van der Waals surface area (Å²) in [6, 6.07) is 13.5. The topological polar surface area (TPSA) is 41.5 Å². The molecular weight excluding hydrogens is 286 g/mol. The Morgan fingerprint density at radius 3 is 2.62 bits per heavy atom. The molecule has 1 unspecified atom stereocenters. The summed E-state index contributed by atoms with van der Waals surface area (Å²) >= 11 is 6.13. The summed E-state index contributed by atoms with van der Waals surface area (Å²) in [7, 11) is 0. The van der Waals surface area contributed by atoms with Gasteiger partial charge in [-0.15, -0.1) is 0 Å². The molecule has 1 atom stereocenters. The first-order valence-electron chi connectivity index (χ1n) is 6.92. The highest BCUT2D eigenvalue weighted by atomic mass is 35.5. The number of aliphatic hydroxyl groups is 1. The van der Waals surface area contributed by atoms with E-state index in [9.17, 15) is 5.11 Å². The Morgan fingerprint density at radius 1 is 1.14 bits per heavy atom. The van der Waals surface area contributed by atoms with Gasteiger partial charge in [-0.05, 0) is 49.2 Å². The molecule has 2 N–H and O–H groups in total. The Balaban J connectivity index is 1.80. The average Bonchev–Trinajstić information content (AvgIpc) is 2.44. The average molecular weight is 306 g/mol. The zero-order valence-corrected chi connectivity index (χ0v) is 13.0. The fraction of sp³-hybridized carbons (Fsp3) is 0.294. The van der Waals surface area contributed by atoms with Gasteiger partial charge in [-0.2, -0.15) is 0 Å². The third-order valence-corrected chi connectivity index (χ3v) is 3.40. The number of halogens is 1. The molecule has 4 heteroatoms. The predicted octanol–water partition coefficient (Wildman–Crippen LogP) is 3.81. The van der Waals surface area contributed by atoms with Crippen LogP contribution in [0.15, 0.2) is 42.5 Å². The van der Waals surface area contributed by atoms with Crippen LogP contribution in [0.4, 0.5) is 5.69 Å². The van der Waals surface area contributed by atoms with Crippen molar-refractivity contribution >= 4 is 17.3 Å². The molecule has 0 fully saturated rings. The van der Waals surface area contributed by atoms with E-state index in [4.69, 9.17) is 16.3 Å². The van der Waals surface area contributed by atoms with Crippen molar-refractivity contribution in [1.29, 1.82) is 0 Å². The number of ether oxygens (including phenoxy) is 1. The number of nitrogens with one attached hydrogen (secondary N) is 1. The minimum absolute atomic E-state index is 0.236. The lowest BCUT2D eigenvalue weighted by molar-refractivity contribution is 0.117.